The Morgan fingerprint density at radius 1 is 1.14 bits per heavy atom. The SMILES string of the molecule is CNCC(O)C(C)(Nc1ccccc1)c1cccc(F)c1. The zero-order valence-electron chi connectivity index (χ0n) is 12.3. The molecule has 4 heteroatoms. The third kappa shape index (κ3) is 3.60. The van der Waals surface area contributed by atoms with E-state index >= 15 is 0 Å². The molecule has 0 radical (unpaired) electrons. The summed E-state index contributed by atoms with van der Waals surface area (Å²) in [5.74, 6) is -0.315. The predicted molar refractivity (Wildman–Crippen MR) is 83.8 cm³/mol. The monoisotopic (exact) mass is 288 g/mol. The summed E-state index contributed by atoms with van der Waals surface area (Å²) in [6.45, 7) is 2.27. The Kier molecular flexibility index (Phi) is 4.94. The van der Waals surface area contributed by atoms with Gasteiger partial charge >= 0.3 is 0 Å². The summed E-state index contributed by atoms with van der Waals surface area (Å²) < 4.78 is 13.6. The second-order valence-corrected chi connectivity index (χ2v) is 5.28. The Hall–Kier alpha value is -1.91. The number of benzene rings is 2. The van der Waals surface area contributed by atoms with Gasteiger partial charge in [0.05, 0.1) is 11.6 Å². The van der Waals surface area contributed by atoms with Crippen molar-refractivity contribution in [3.05, 3.63) is 66.0 Å². The third-order valence-corrected chi connectivity index (χ3v) is 3.67. The van der Waals surface area contributed by atoms with Crippen molar-refractivity contribution >= 4 is 5.69 Å². The average molecular weight is 288 g/mol. The van der Waals surface area contributed by atoms with Gasteiger partial charge in [-0.3, -0.25) is 0 Å². The fraction of sp³-hybridized carbons (Fsp3) is 0.294. The van der Waals surface area contributed by atoms with E-state index in [0.717, 1.165) is 5.69 Å². The van der Waals surface area contributed by atoms with E-state index in [1.165, 1.54) is 12.1 Å². The second-order valence-electron chi connectivity index (χ2n) is 5.28. The number of anilines is 1. The summed E-state index contributed by atoms with van der Waals surface area (Å²) in [6.07, 6.45) is -0.718. The number of hydrogen-bond donors (Lipinski definition) is 3. The van der Waals surface area contributed by atoms with E-state index < -0.39 is 11.6 Å². The highest BCUT2D eigenvalue weighted by Crippen LogP contribution is 2.30. The standard InChI is InChI=1S/C17H21FN2O/c1-17(16(21)12-19-2,13-7-6-8-14(18)11-13)20-15-9-4-3-5-10-15/h3-11,16,19-21H,12H2,1-2H3. The van der Waals surface area contributed by atoms with E-state index in [-0.39, 0.29) is 5.82 Å². The van der Waals surface area contributed by atoms with E-state index in [2.05, 4.69) is 10.6 Å². The fourth-order valence-corrected chi connectivity index (χ4v) is 2.38. The lowest BCUT2D eigenvalue weighted by Gasteiger charge is -2.37. The molecule has 0 aliphatic carbocycles. The molecule has 0 aromatic heterocycles. The Bertz CT molecular complexity index is 576. The molecule has 2 aromatic rings. The first-order chi connectivity index (χ1) is 10.1. The van der Waals surface area contributed by atoms with Gasteiger partial charge < -0.3 is 15.7 Å². The number of aliphatic hydroxyl groups excluding tert-OH is 1. The number of likely N-dealkylation sites (N-methyl/N-ethyl adjacent to an activating group) is 1. The van der Waals surface area contributed by atoms with E-state index in [1.54, 1.807) is 13.1 Å². The van der Waals surface area contributed by atoms with Gasteiger partial charge in [-0.1, -0.05) is 30.3 Å². The van der Waals surface area contributed by atoms with Crippen molar-refractivity contribution in [1.29, 1.82) is 0 Å². The van der Waals surface area contributed by atoms with Crippen LogP contribution < -0.4 is 10.6 Å². The van der Waals surface area contributed by atoms with Crippen molar-refractivity contribution in [1.82, 2.24) is 5.32 Å². The molecule has 0 amide bonds. The molecule has 21 heavy (non-hydrogen) atoms. The van der Waals surface area contributed by atoms with Crippen molar-refractivity contribution in [2.45, 2.75) is 18.6 Å². The van der Waals surface area contributed by atoms with Crippen LogP contribution >= 0.6 is 0 Å². The Morgan fingerprint density at radius 2 is 1.86 bits per heavy atom. The quantitative estimate of drug-likeness (QED) is 0.766. The summed E-state index contributed by atoms with van der Waals surface area (Å²) >= 11 is 0. The van der Waals surface area contributed by atoms with Gasteiger partial charge in [-0.15, -0.1) is 0 Å². The maximum atomic E-state index is 13.6. The average Bonchev–Trinajstić information content (AvgIpc) is 2.48. The van der Waals surface area contributed by atoms with Gasteiger partial charge in [0.2, 0.25) is 0 Å². The minimum Gasteiger partial charge on any atom is -0.389 e. The topological polar surface area (TPSA) is 44.3 Å². The van der Waals surface area contributed by atoms with Crippen molar-refractivity contribution in [3.63, 3.8) is 0 Å². The van der Waals surface area contributed by atoms with Crippen LogP contribution in [0.4, 0.5) is 10.1 Å². The predicted octanol–water partition coefficient (Wildman–Crippen LogP) is 2.73. The van der Waals surface area contributed by atoms with Crippen molar-refractivity contribution in [2.24, 2.45) is 0 Å². The maximum absolute atomic E-state index is 13.6. The summed E-state index contributed by atoms with van der Waals surface area (Å²) in [5, 5.41) is 16.8. The van der Waals surface area contributed by atoms with Crippen LogP contribution in [0, 0.1) is 5.82 Å². The van der Waals surface area contributed by atoms with E-state index in [9.17, 15) is 9.50 Å². The number of nitrogens with one attached hydrogen (secondary N) is 2. The molecule has 3 N–H and O–H groups in total. The minimum absolute atomic E-state index is 0.315. The molecule has 2 unspecified atom stereocenters. The molecule has 112 valence electrons. The molecule has 0 saturated heterocycles. The van der Waals surface area contributed by atoms with Crippen LogP contribution in [0.25, 0.3) is 0 Å². The lowest BCUT2D eigenvalue weighted by atomic mass is 9.85. The van der Waals surface area contributed by atoms with Gasteiger partial charge in [0.1, 0.15) is 5.82 Å². The van der Waals surface area contributed by atoms with Gasteiger partial charge in [0, 0.05) is 12.2 Å². The second kappa shape index (κ2) is 6.70. The number of rotatable bonds is 6. The van der Waals surface area contributed by atoms with Gasteiger partial charge in [-0.2, -0.15) is 0 Å². The van der Waals surface area contributed by atoms with Crippen molar-refractivity contribution in [3.8, 4) is 0 Å². The van der Waals surface area contributed by atoms with E-state index in [0.29, 0.717) is 12.1 Å². The molecule has 0 bridgehead atoms. The molecular weight excluding hydrogens is 267 g/mol. The molecule has 3 nitrogen and oxygen atoms in total. The van der Waals surface area contributed by atoms with Crippen LogP contribution in [0.3, 0.4) is 0 Å². The van der Waals surface area contributed by atoms with Gasteiger partial charge in [0.25, 0.3) is 0 Å². The Balaban J connectivity index is 2.39. The number of hydrogen-bond acceptors (Lipinski definition) is 3. The summed E-state index contributed by atoms with van der Waals surface area (Å²) in [6, 6.07) is 15.9. The van der Waals surface area contributed by atoms with Crippen LogP contribution in [0.2, 0.25) is 0 Å². The molecule has 0 fully saturated rings. The normalized spacial score (nSPS) is 15.2. The molecule has 2 rings (SSSR count). The largest absolute Gasteiger partial charge is 0.389 e. The van der Waals surface area contributed by atoms with Crippen molar-refractivity contribution < 1.29 is 9.50 Å². The smallest absolute Gasteiger partial charge is 0.123 e. The summed E-state index contributed by atoms with van der Waals surface area (Å²) in [7, 11) is 1.78. The van der Waals surface area contributed by atoms with Crippen molar-refractivity contribution in [2.75, 3.05) is 18.9 Å². The van der Waals surface area contributed by atoms with Crippen LogP contribution in [-0.4, -0.2) is 24.8 Å². The molecule has 0 heterocycles. The van der Waals surface area contributed by atoms with Gasteiger partial charge in [0.15, 0.2) is 0 Å². The molecule has 0 saturated carbocycles. The Labute approximate surface area is 124 Å². The highest BCUT2D eigenvalue weighted by Gasteiger charge is 2.34. The highest BCUT2D eigenvalue weighted by molar-refractivity contribution is 5.48. The zero-order chi connectivity index (χ0) is 15.3. The maximum Gasteiger partial charge on any atom is 0.123 e. The third-order valence-electron chi connectivity index (χ3n) is 3.67. The molecular formula is C17H21FN2O. The van der Waals surface area contributed by atoms with Crippen LogP contribution in [-0.2, 0) is 5.54 Å². The Morgan fingerprint density at radius 3 is 2.48 bits per heavy atom. The number of halogens is 1. The number of para-hydroxylation sites is 1. The highest BCUT2D eigenvalue weighted by atomic mass is 19.1. The van der Waals surface area contributed by atoms with Crippen LogP contribution in [0.15, 0.2) is 54.6 Å². The van der Waals surface area contributed by atoms with Gasteiger partial charge in [-0.25, -0.2) is 4.39 Å². The molecule has 0 aliphatic heterocycles. The van der Waals surface area contributed by atoms with Crippen LogP contribution in [0.5, 0.6) is 0 Å². The lowest BCUT2D eigenvalue weighted by Crippen LogP contribution is -2.48. The van der Waals surface area contributed by atoms with Crippen LogP contribution in [0.1, 0.15) is 12.5 Å². The first-order valence-electron chi connectivity index (χ1n) is 6.98. The lowest BCUT2D eigenvalue weighted by molar-refractivity contribution is 0.105. The minimum atomic E-state index is -0.799. The van der Waals surface area contributed by atoms with E-state index in [4.69, 9.17) is 0 Å². The molecule has 2 atom stereocenters. The first-order valence-corrected chi connectivity index (χ1v) is 6.98. The fourth-order valence-electron chi connectivity index (χ4n) is 2.38. The summed E-state index contributed by atoms with van der Waals surface area (Å²) in [4.78, 5) is 0. The summed E-state index contributed by atoms with van der Waals surface area (Å²) in [5.41, 5.74) is 0.778. The van der Waals surface area contributed by atoms with E-state index in [1.807, 2.05) is 43.3 Å². The molecule has 0 spiro atoms. The zero-order valence-corrected chi connectivity index (χ0v) is 12.3. The molecule has 2 aromatic carbocycles. The number of aliphatic hydroxyl groups is 1. The van der Waals surface area contributed by atoms with Gasteiger partial charge in [-0.05, 0) is 43.8 Å². The first kappa shape index (κ1) is 15.5. The molecule has 0 aliphatic rings.